The van der Waals surface area contributed by atoms with E-state index >= 15 is 0 Å². The summed E-state index contributed by atoms with van der Waals surface area (Å²) < 4.78 is 13.5. The third-order valence-corrected chi connectivity index (χ3v) is 6.34. The van der Waals surface area contributed by atoms with Gasteiger partial charge in [0.25, 0.3) is 5.91 Å². The van der Waals surface area contributed by atoms with E-state index in [2.05, 4.69) is 23.0 Å². The Morgan fingerprint density at radius 1 is 1.23 bits per heavy atom. The number of fused-ring (bicyclic) bond motifs is 1. The van der Waals surface area contributed by atoms with Crippen LogP contribution in [0.5, 0.6) is 0 Å². The van der Waals surface area contributed by atoms with Crippen LogP contribution in [0.3, 0.4) is 0 Å². The summed E-state index contributed by atoms with van der Waals surface area (Å²) in [5.74, 6) is 0.977. The smallest absolute Gasteiger partial charge is 0.253 e. The summed E-state index contributed by atoms with van der Waals surface area (Å²) in [4.78, 5) is 17.4. The van der Waals surface area contributed by atoms with Crippen LogP contribution in [0.1, 0.15) is 35.9 Å². The van der Waals surface area contributed by atoms with Crippen LogP contribution in [0.25, 0.3) is 11.6 Å². The molecule has 2 fully saturated rings. The Bertz CT molecular complexity index is 1080. The lowest BCUT2D eigenvalue weighted by Crippen LogP contribution is -2.57. The van der Waals surface area contributed by atoms with E-state index in [0.29, 0.717) is 5.56 Å². The number of likely N-dealkylation sites (tertiary alicyclic amines) is 1. The highest BCUT2D eigenvalue weighted by Crippen LogP contribution is 2.31. The molecule has 0 atom stereocenters. The second-order valence-electron chi connectivity index (χ2n) is 8.66. The Labute approximate surface area is 181 Å². The van der Waals surface area contributed by atoms with Crippen molar-refractivity contribution in [3.05, 3.63) is 65.9 Å². The number of carbonyl (C=O) groups is 1. The fourth-order valence-electron chi connectivity index (χ4n) is 4.73. The molecule has 0 bridgehead atoms. The number of hydrogen-bond acceptors (Lipinski definition) is 5. The molecule has 3 aromatic rings. The second-order valence-corrected chi connectivity index (χ2v) is 8.66. The average Bonchev–Trinajstić information content (AvgIpc) is 3.45. The lowest BCUT2D eigenvalue weighted by molar-refractivity contribution is -0.130. The van der Waals surface area contributed by atoms with Crippen LogP contribution in [0.2, 0.25) is 0 Å². The van der Waals surface area contributed by atoms with E-state index < -0.39 is 0 Å². The molecular formula is C24H28N4O3. The minimum Gasteiger partial charge on any atom is -0.465 e. The molecule has 3 aromatic heterocycles. The number of hydrogen-bond donors (Lipinski definition) is 0. The highest BCUT2D eigenvalue weighted by molar-refractivity contribution is 5.95. The van der Waals surface area contributed by atoms with Crippen molar-refractivity contribution in [1.29, 1.82) is 0 Å². The Hall–Kier alpha value is -2.90. The molecule has 2 saturated heterocycles. The molecule has 7 nitrogen and oxygen atoms in total. The van der Waals surface area contributed by atoms with E-state index in [1.54, 1.807) is 17.0 Å². The number of piperidine rings is 1. The second kappa shape index (κ2) is 8.32. The van der Waals surface area contributed by atoms with Crippen LogP contribution >= 0.6 is 0 Å². The first-order chi connectivity index (χ1) is 15.1. The molecule has 5 rings (SSSR count). The van der Waals surface area contributed by atoms with E-state index in [1.165, 1.54) is 5.57 Å². The molecular weight excluding hydrogens is 392 g/mol. The molecule has 1 amide bonds. The van der Waals surface area contributed by atoms with Gasteiger partial charge in [-0.2, -0.15) is 5.10 Å². The van der Waals surface area contributed by atoms with Crippen molar-refractivity contribution >= 4 is 17.5 Å². The maximum atomic E-state index is 13.0. The van der Waals surface area contributed by atoms with Gasteiger partial charge in [-0.05, 0) is 56.2 Å². The largest absolute Gasteiger partial charge is 0.465 e. The Morgan fingerprint density at radius 3 is 2.90 bits per heavy atom. The van der Waals surface area contributed by atoms with Gasteiger partial charge in [0.1, 0.15) is 5.76 Å². The number of rotatable bonds is 4. The standard InChI is InChI=1S/C24H28N4O3/c1-19(15-22-3-2-13-30-22)17-26-12-14-31-24(18-26)6-10-27(11-7-24)23(29)20-5-9-28-21(16-20)4-8-25-28/h2-5,8-9,13,15-16H,6-7,10-12,14,17-18H2,1H3/b19-15+. The van der Waals surface area contributed by atoms with Gasteiger partial charge in [0.05, 0.1) is 24.0 Å². The van der Waals surface area contributed by atoms with E-state index in [9.17, 15) is 4.79 Å². The number of morpholine rings is 1. The van der Waals surface area contributed by atoms with Gasteiger partial charge in [-0.15, -0.1) is 0 Å². The van der Waals surface area contributed by atoms with Crippen LogP contribution in [-0.2, 0) is 4.74 Å². The van der Waals surface area contributed by atoms with Crippen molar-refractivity contribution in [1.82, 2.24) is 19.4 Å². The lowest BCUT2D eigenvalue weighted by atomic mass is 9.89. The summed E-state index contributed by atoms with van der Waals surface area (Å²) in [6, 6.07) is 9.55. The summed E-state index contributed by atoms with van der Waals surface area (Å²) in [6.07, 6.45) is 9.11. The Balaban J connectivity index is 1.20. The molecule has 1 spiro atoms. The van der Waals surface area contributed by atoms with Crippen molar-refractivity contribution in [3.63, 3.8) is 0 Å². The third kappa shape index (κ3) is 4.29. The number of amides is 1. The molecule has 0 unspecified atom stereocenters. The fourth-order valence-corrected chi connectivity index (χ4v) is 4.73. The van der Waals surface area contributed by atoms with E-state index in [-0.39, 0.29) is 11.5 Å². The van der Waals surface area contributed by atoms with Crippen LogP contribution in [0.15, 0.2) is 59.0 Å². The predicted octanol–water partition coefficient (Wildman–Crippen LogP) is 3.34. The van der Waals surface area contributed by atoms with Crippen molar-refractivity contribution in [2.45, 2.75) is 25.4 Å². The highest BCUT2D eigenvalue weighted by Gasteiger charge is 2.40. The van der Waals surface area contributed by atoms with E-state index in [0.717, 1.165) is 63.4 Å². The summed E-state index contributed by atoms with van der Waals surface area (Å²) in [5, 5.41) is 4.20. The van der Waals surface area contributed by atoms with Crippen LogP contribution < -0.4 is 0 Å². The van der Waals surface area contributed by atoms with E-state index in [4.69, 9.17) is 9.15 Å². The average molecular weight is 421 g/mol. The van der Waals surface area contributed by atoms with Gasteiger partial charge >= 0.3 is 0 Å². The molecule has 2 aliphatic heterocycles. The van der Waals surface area contributed by atoms with Crippen molar-refractivity contribution < 1.29 is 13.9 Å². The zero-order chi connectivity index (χ0) is 21.3. The molecule has 5 heterocycles. The topological polar surface area (TPSA) is 63.2 Å². The molecule has 31 heavy (non-hydrogen) atoms. The molecule has 7 heteroatoms. The molecule has 162 valence electrons. The zero-order valence-corrected chi connectivity index (χ0v) is 17.9. The maximum absolute atomic E-state index is 13.0. The number of furan rings is 1. The van der Waals surface area contributed by atoms with Gasteiger partial charge in [0, 0.05) is 50.7 Å². The third-order valence-electron chi connectivity index (χ3n) is 6.34. The summed E-state index contributed by atoms with van der Waals surface area (Å²) in [6.45, 7) is 7.05. The summed E-state index contributed by atoms with van der Waals surface area (Å²) >= 11 is 0. The number of aromatic nitrogens is 2. The van der Waals surface area contributed by atoms with Crippen molar-refractivity contribution in [3.8, 4) is 0 Å². The minimum absolute atomic E-state index is 0.0865. The fraction of sp³-hybridized carbons (Fsp3) is 0.417. The van der Waals surface area contributed by atoms with Crippen molar-refractivity contribution in [2.24, 2.45) is 0 Å². The summed E-state index contributed by atoms with van der Waals surface area (Å²) in [5.41, 5.74) is 2.77. The van der Waals surface area contributed by atoms with Crippen LogP contribution in [-0.4, -0.2) is 70.3 Å². The molecule has 2 aliphatic rings. The van der Waals surface area contributed by atoms with Crippen molar-refractivity contribution in [2.75, 3.05) is 39.3 Å². The summed E-state index contributed by atoms with van der Waals surface area (Å²) in [7, 11) is 0. The lowest BCUT2D eigenvalue weighted by Gasteiger charge is -2.47. The molecule has 0 saturated carbocycles. The molecule has 0 aliphatic carbocycles. The number of nitrogens with zero attached hydrogens (tertiary/aromatic N) is 4. The predicted molar refractivity (Wildman–Crippen MR) is 118 cm³/mol. The van der Waals surface area contributed by atoms with E-state index in [1.807, 2.05) is 41.4 Å². The first-order valence-corrected chi connectivity index (χ1v) is 10.9. The first kappa shape index (κ1) is 20.0. The highest BCUT2D eigenvalue weighted by atomic mass is 16.5. The van der Waals surface area contributed by atoms with Gasteiger partial charge in [0.2, 0.25) is 0 Å². The SMILES string of the molecule is C/C(=C\c1ccco1)CN1CCOC2(CCN(C(=O)c3ccn4nccc4c3)CC2)C1. The number of ether oxygens (including phenoxy) is 1. The number of pyridine rings is 1. The van der Waals surface area contributed by atoms with Gasteiger partial charge in [-0.3, -0.25) is 9.69 Å². The zero-order valence-electron chi connectivity index (χ0n) is 17.9. The molecule has 0 radical (unpaired) electrons. The normalized spacial score (nSPS) is 19.9. The Kier molecular flexibility index (Phi) is 5.38. The molecule has 0 aromatic carbocycles. The quantitative estimate of drug-likeness (QED) is 0.648. The monoisotopic (exact) mass is 420 g/mol. The van der Waals surface area contributed by atoms with Gasteiger partial charge in [0.15, 0.2) is 0 Å². The molecule has 0 N–H and O–H groups in total. The van der Waals surface area contributed by atoms with Crippen LogP contribution in [0, 0.1) is 0 Å². The first-order valence-electron chi connectivity index (χ1n) is 10.9. The van der Waals surface area contributed by atoms with Crippen LogP contribution in [0.4, 0.5) is 0 Å². The van der Waals surface area contributed by atoms with Gasteiger partial charge in [-0.1, -0.05) is 5.57 Å². The van der Waals surface area contributed by atoms with Gasteiger partial charge in [-0.25, -0.2) is 4.52 Å². The van der Waals surface area contributed by atoms with Gasteiger partial charge < -0.3 is 14.1 Å². The Morgan fingerprint density at radius 2 is 2.10 bits per heavy atom. The minimum atomic E-state index is -0.157. The maximum Gasteiger partial charge on any atom is 0.253 e. The number of carbonyl (C=O) groups excluding carboxylic acids is 1.